The first kappa shape index (κ1) is 20.7. The molecule has 2 aromatic carbocycles. The van der Waals surface area contributed by atoms with Crippen molar-refractivity contribution < 1.29 is 20.1 Å². The van der Waals surface area contributed by atoms with Crippen LogP contribution in [-0.4, -0.2) is 28.4 Å². The van der Waals surface area contributed by atoms with E-state index in [0.717, 1.165) is 49.5 Å². The largest absolute Gasteiger partial charge is 0.508 e. The van der Waals surface area contributed by atoms with E-state index < -0.39 is 5.97 Å². The van der Waals surface area contributed by atoms with E-state index in [1.54, 1.807) is 6.07 Å². The molecule has 25 heavy (non-hydrogen) atoms. The summed E-state index contributed by atoms with van der Waals surface area (Å²) in [5.74, 6) is -0.663. The Morgan fingerprint density at radius 3 is 2.28 bits per heavy atom. The molecule has 0 atom stereocenters. The highest BCUT2D eigenvalue weighted by atomic mass is 16.4. The monoisotopic (exact) mass is 344 g/mol. The van der Waals surface area contributed by atoms with Crippen molar-refractivity contribution in [3.63, 3.8) is 0 Å². The molecule has 136 valence electrons. The number of aryl methyl sites for hydroxylation is 1. The summed E-state index contributed by atoms with van der Waals surface area (Å²) in [5.41, 5.74) is 3.52. The molecule has 0 aliphatic rings. The molecule has 0 spiro atoms. The molecule has 2 rings (SSSR count). The molecule has 2 aromatic rings. The predicted octanol–water partition coefficient (Wildman–Crippen LogP) is 3.95. The summed E-state index contributed by atoms with van der Waals surface area (Å²) in [6, 6.07) is 13.5. The van der Waals surface area contributed by atoms with Gasteiger partial charge in [0.25, 0.3) is 0 Å². The van der Waals surface area contributed by atoms with Crippen LogP contribution in [-0.2, 0) is 24.1 Å². The van der Waals surface area contributed by atoms with Crippen LogP contribution >= 0.6 is 0 Å². The number of hydrogen-bond donors (Lipinski definition) is 3. The molecular formula is C21H28O4. The van der Waals surface area contributed by atoms with Gasteiger partial charge in [0.05, 0.1) is 6.42 Å². The molecule has 3 N–H and O–H groups in total. The Morgan fingerprint density at radius 1 is 1.00 bits per heavy atom. The maximum Gasteiger partial charge on any atom is 0.307 e. The van der Waals surface area contributed by atoms with E-state index in [1.165, 1.54) is 0 Å². The first-order valence-corrected chi connectivity index (χ1v) is 8.64. The average molecular weight is 344 g/mol. The summed E-state index contributed by atoms with van der Waals surface area (Å²) >= 11 is 0. The fourth-order valence-electron chi connectivity index (χ4n) is 2.83. The molecule has 0 unspecified atom stereocenters. The van der Waals surface area contributed by atoms with Crippen molar-refractivity contribution >= 4 is 5.97 Å². The van der Waals surface area contributed by atoms with Crippen LogP contribution in [0, 0.1) is 0 Å². The fourth-order valence-corrected chi connectivity index (χ4v) is 2.83. The zero-order chi connectivity index (χ0) is 18.7. The van der Waals surface area contributed by atoms with Gasteiger partial charge in [-0.05, 0) is 35.6 Å². The Morgan fingerprint density at radius 2 is 1.68 bits per heavy atom. The number of rotatable bonds is 8. The van der Waals surface area contributed by atoms with E-state index in [0.29, 0.717) is 12.0 Å². The molecule has 0 saturated carbocycles. The molecular weight excluding hydrogens is 316 g/mol. The van der Waals surface area contributed by atoms with Gasteiger partial charge in [0.2, 0.25) is 0 Å². The van der Waals surface area contributed by atoms with Crippen LogP contribution in [0.1, 0.15) is 48.4 Å². The number of hydrogen-bond acceptors (Lipinski definition) is 3. The molecule has 0 saturated heterocycles. The van der Waals surface area contributed by atoms with E-state index in [9.17, 15) is 15.0 Å². The number of carbonyl (C=O) groups is 1. The van der Waals surface area contributed by atoms with E-state index in [1.807, 2.05) is 36.4 Å². The van der Waals surface area contributed by atoms with Crippen molar-refractivity contribution in [1.82, 2.24) is 0 Å². The van der Waals surface area contributed by atoms with Gasteiger partial charge >= 0.3 is 5.97 Å². The number of aliphatic hydroxyl groups is 1. The number of benzene rings is 2. The Balaban J connectivity index is 0.00000151. The number of aliphatic carboxylic acids is 1. The highest BCUT2D eigenvalue weighted by molar-refractivity contribution is 5.71. The Kier molecular flexibility index (Phi) is 9.33. The van der Waals surface area contributed by atoms with Crippen LogP contribution in [0.2, 0.25) is 0 Å². The van der Waals surface area contributed by atoms with Crippen LogP contribution in [0.3, 0.4) is 0 Å². The Hall–Kier alpha value is -2.33. The molecule has 0 radical (unpaired) electrons. The predicted molar refractivity (Wildman–Crippen MR) is 100 cm³/mol. The molecule has 0 aliphatic carbocycles. The highest BCUT2D eigenvalue weighted by Gasteiger charge is 2.14. The minimum atomic E-state index is -0.871. The summed E-state index contributed by atoms with van der Waals surface area (Å²) in [4.78, 5) is 11.2. The summed E-state index contributed by atoms with van der Waals surface area (Å²) in [6.07, 6.45) is 4.70. The third-order valence-electron chi connectivity index (χ3n) is 4.01. The summed E-state index contributed by atoms with van der Waals surface area (Å²) in [7, 11) is 1.00. The number of carboxylic acid groups (broad SMARTS) is 1. The number of carboxylic acids is 1. The lowest BCUT2D eigenvalue weighted by atomic mass is 9.93. The van der Waals surface area contributed by atoms with Crippen molar-refractivity contribution in [2.24, 2.45) is 0 Å². The second kappa shape index (κ2) is 11.3. The number of phenolic OH excluding ortho intramolecular Hbond substituents is 1. The zero-order valence-corrected chi connectivity index (χ0v) is 15.0. The van der Waals surface area contributed by atoms with Crippen LogP contribution in [0.5, 0.6) is 5.75 Å². The summed E-state index contributed by atoms with van der Waals surface area (Å²) < 4.78 is 0. The summed E-state index contributed by atoms with van der Waals surface area (Å²) in [5, 5.41) is 26.6. The average Bonchev–Trinajstić information content (AvgIpc) is 2.60. The molecule has 0 bridgehead atoms. The van der Waals surface area contributed by atoms with Crippen molar-refractivity contribution in [1.29, 1.82) is 0 Å². The van der Waals surface area contributed by atoms with E-state index >= 15 is 0 Å². The van der Waals surface area contributed by atoms with Crippen molar-refractivity contribution in [3.8, 4) is 5.75 Å². The fraction of sp³-hybridized carbons (Fsp3) is 0.381. The van der Waals surface area contributed by atoms with Crippen LogP contribution < -0.4 is 0 Å². The quantitative estimate of drug-likeness (QED) is 0.634. The maximum absolute atomic E-state index is 11.2. The lowest BCUT2D eigenvalue weighted by Gasteiger charge is -2.13. The van der Waals surface area contributed by atoms with Gasteiger partial charge in [0.1, 0.15) is 5.75 Å². The maximum atomic E-state index is 11.2. The second-order valence-corrected chi connectivity index (χ2v) is 5.94. The highest BCUT2D eigenvalue weighted by Crippen LogP contribution is 2.28. The molecule has 0 aliphatic heterocycles. The van der Waals surface area contributed by atoms with Crippen LogP contribution in [0.4, 0.5) is 0 Å². The Bertz CT molecular complexity index is 650. The molecule has 4 nitrogen and oxygen atoms in total. The minimum absolute atomic E-state index is 0.0582. The van der Waals surface area contributed by atoms with Crippen LogP contribution in [0.25, 0.3) is 0 Å². The van der Waals surface area contributed by atoms with Gasteiger partial charge < -0.3 is 15.3 Å². The van der Waals surface area contributed by atoms with Gasteiger partial charge in [-0.25, -0.2) is 0 Å². The van der Waals surface area contributed by atoms with Gasteiger partial charge in [0.15, 0.2) is 0 Å². The SMILES string of the molecule is CCCCCc1cc(O)c(Cc2ccccc2)c(CC(=O)O)c1.CO. The van der Waals surface area contributed by atoms with Gasteiger partial charge in [-0.3, -0.25) is 4.79 Å². The lowest BCUT2D eigenvalue weighted by Crippen LogP contribution is -2.06. The third kappa shape index (κ3) is 6.98. The number of unbranched alkanes of at least 4 members (excludes halogenated alkanes) is 2. The van der Waals surface area contributed by atoms with E-state index in [2.05, 4.69) is 6.92 Å². The molecule has 0 amide bonds. The normalized spacial score (nSPS) is 10.0. The standard InChI is InChI=1S/C20H24O3.CH4O/c1-2-3-5-10-16-11-17(14-20(22)23)18(19(21)13-16)12-15-8-6-4-7-9-15;1-2/h4,6-9,11,13,21H,2-3,5,10,12,14H2,1H3,(H,22,23);2H,1H3. The zero-order valence-electron chi connectivity index (χ0n) is 15.0. The van der Waals surface area contributed by atoms with Crippen LogP contribution in [0.15, 0.2) is 42.5 Å². The van der Waals surface area contributed by atoms with Gasteiger partial charge in [-0.1, -0.05) is 56.2 Å². The second-order valence-electron chi connectivity index (χ2n) is 5.94. The molecule has 4 heteroatoms. The molecule has 0 heterocycles. The lowest BCUT2D eigenvalue weighted by molar-refractivity contribution is -0.136. The van der Waals surface area contributed by atoms with E-state index in [-0.39, 0.29) is 12.2 Å². The molecule has 0 fully saturated rings. The number of aromatic hydroxyl groups is 1. The third-order valence-corrected chi connectivity index (χ3v) is 4.01. The van der Waals surface area contributed by atoms with Gasteiger partial charge in [0, 0.05) is 19.1 Å². The van der Waals surface area contributed by atoms with Gasteiger partial charge in [-0.2, -0.15) is 0 Å². The first-order chi connectivity index (χ1) is 12.1. The van der Waals surface area contributed by atoms with Crippen molar-refractivity contribution in [2.75, 3.05) is 7.11 Å². The smallest absolute Gasteiger partial charge is 0.307 e. The minimum Gasteiger partial charge on any atom is -0.508 e. The summed E-state index contributed by atoms with van der Waals surface area (Å²) in [6.45, 7) is 2.15. The van der Waals surface area contributed by atoms with Crippen molar-refractivity contribution in [2.45, 2.75) is 45.4 Å². The topological polar surface area (TPSA) is 77.8 Å². The molecule has 0 aromatic heterocycles. The van der Waals surface area contributed by atoms with E-state index in [4.69, 9.17) is 5.11 Å². The van der Waals surface area contributed by atoms with Gasteiger partial charge in [-0.15, -0.1) is 0 Å². The number of aliphatic hydroxyl groups excluding tert-OH is 1. The number of phenols is 1. The van der Waals surface area contributed by atoms with Crippen molar-refractivity contribution in [3.05, 3.63) is 64.7 Å². The first-order valence-electron chi connectivity index (χ1n) is 8.64. The Labute approximate surface area is 149 Å².